The third-order valence-electron chi connectivity index (χ3n) is 3.93. The summed E-state index contributed by atoms with van der Waals surface area (Å²) in [5.74, 6) is 1.12. The van der Waals surface area contributed by atoms with E-state index >= 15 is 0 Å². The Kier molecular flexibility index (Phi) is 4.24. The van der Waals surface area contributed by atoms with Crippen molar-refractivity contribution >= 4 is 5.65 Å². The second kappa shape index (κ2) is 6.32. The average molecular weight is 297 g/mol. The van der Waals surface area contributed by atoms with Crippen LogP contribution in [0.2, 0.25) is 0 Å². The second-order valence-electron chi connectivity index (χ2n) is 5.78. The lowest BCUT2D eigenvalue weighted by Gasteiger charge is -2.17. The van der Waals surface area contributed by atoms with Crippen LogP contribution in [0.25, 0.3) is 5.65 Å². The van der Waals surface area contributed by atoms with E-state index < -0.39 is 0 Å². The van der Waals surface area contributed by atoms with Gasteiger partial charge in [-0.05, 0) is 32.5 Å². The molecule has 0 aliphatic rings. The van der Waals surface area contributed by atoms with Crippen molar-refractivity contribution in [2.24, 2.45) is 0 Å². The van der Waals surface area contributed by atoms with Gasteiger partial charge in [-0.3, -0.25) is 4.90 Å². The molecule has 0 aromatic carbocycles. The molecule has 5 nitrogen and oxygen atoms in total. The first-order valence-corrected chi connectivity index (χ1v) is 7.80. The Morgan fingerprint density at radius 3 is 2.86 bits per heavy atom. The van der Waals surface area contributed by atoms with E-state index in [1.54, 1.807) is 0 Å². The summed E-state index contributed by atoms with van der Waals surface area (Å²) in [6.45, 7) is 6.99. The van der Waals surface area contributed by atoms with Gasteiger partial charge in [-0.25, -0.2) is 9.97 Å². The molecule has 0 aliphatic carbocycles. The zero-order valence-corrected chi connectivity index (χ0v) is 13.5. The lowest BCUT2D eigenvalue weighted by molar-refractivity contribution is 0.299. The predicted molar refractivity (Wildman–Crippen MR) is 87.6 cm³/mol. The Morgan fingerprint density at radius 2 is 2.05 bits per heavy atom. The number of imidazole rings is 2. The molecule has 22 heavy (non-hydrogen) atoms. The first-order valence-electron chi connectivity index (χ1n) is 7.80. The largest absolute Gasteiger partial charge is 0.334 e. The molecule has 3 aromatic heterocycles. The van der Waals surface area contributed by atoms with Crippen LogP contribution in [-0.2, 0) is 19.6 Å². The molecule has 0 N–H and O–H groups in total. The summed E-state index contributed by atoms with van der Waals surface area (Å²) in [5, 5.41) is 0. The minimum Gasteiger partial charge on any atom is -0.334 e. The fourth-order valence-electron chi connectivity index (χ4n) is 2.84. The van der Waals surface area contributed by atoms with Crippen molar-refractivity contribution in [3.8, 4) is 0 Å². The molecule has 116 valence electrons. The number of fused-ring (bicyclic) bond motifs is 1. The Morgan fingerprint density at radius 1 is 1.18 bits per heavy atom. The summed E-state index contributed by atoms with van der Waals surface area (Å²) in [4.78, 5) is 11.4. The maximum atomic E-state index is 4.63. The summed E-state index contributed by atoms with van der Waals surface area (Å²) in [6, 6.07) is 6.12. The molecule has 0 aliphatic heterocycles. The van der Waals surface area contributed by atoms with Crippen molar-refractivity contribution in [2.75, 3.05) is 7.05 Å². The molecule has 3 rings (SSSR count). The van der Waals surface area contributed by atoms with Gasteiger partial charge in [0.25, 0.3) is 0 Å². The normalized spacial score (nSPS) is 11.6. The molecule has 0 fully saturated rings. The first kappa shape index (κ1) is 14.8. The van der Waals surface area contributed by atoms with Gasteiger partial charge in [0.05, 0.1) is 17.9 Å². The minimum absolute atomic E-state index is 0.840. The standard InChI is InChI=1S/C17H23N5/c1-4-9-21-11-8-18-17(21)13-20(3)12-15-14(2)19-16-7-5-6-10-22(15)16/h5-8,10-11H,4,9,12-13H2,1-3H3. The van der Waals surface area contributed by atoms with E-state index in [0.717, 1.165) is 43.2 Å². The van der Waals surface area contributed by atoms with Crippen LogP contribution in [0, 0.1) is 6.92 Å². The van der Waals surface area contributed by atoms with Crippen LogP contribution in [0.3, 0.4) is 0 Å². The Bertz CT molecular complexity index is 755. The van der Waals surface area contributed by atoms with Crippen LogP contribution in [0.5, 0.6) is 0 Å². The molecule has 5 heteroatoms. The number of hydrogen-bond acceptors (Lipinski definition) is 3. The molecule has 0 unspecified atom stereocenters. The van der Waals surface area contributed by atoms with Crippen LogP contribution >= 0.6 is 0 Å². The Balaban J connectivity index is 1.77. The smallest absolute Gasteiger partial charge is 0.137 e. The topological polar surface area (TPSA) is 38.4 Å². The molecular formula is C17H23N5. The highest BCUT2D eigenvalue weighted by Gasteiger charge is 2.12. The summed E-state index contributed by atoms with van der Waals surface area (Å²) in [7, 11) is 2.13. The third-order valence-corrected chi connectivity index (χ3v) is 3.93. The van der Waals surface area contributed by atoms with Crippen LogP contribution in [0.4, 0.5) is 0 Å². The number of pyridine rings is 1. The SMILES string of the molecule is CCCn1ccnc1CN(C)Cc1c(C)nc2ccccn12. The van der Waals surface area contributed by atoms with Crippen LogP contribution < -0.4 is 0 Å². The van der Waals surface area contributed by atoms with Crippen molar-refractivity contribution in [3.05, 3.63) is 54.0 Å². The van der Waals surface area contributed by atoms with Gasteiger partial charge in [0.15, 0.2) is 0 Å². The molecule has 0 spiro atoms. The second-order valence-corrected chi connectivity index (χ2v) is 5.78. The van der Waals surface area contributed by atoms with E-state index in [4.69, 9.17) is 0 Å². The maximum Gasteiger partial charge on any atom is 0.137 e. The molecule has 0 bridgehead atoms. The minimum atomic E-state index is 0.840. The van der Waals surface area contributed by atoms with E-state index in [9.17, 15) is 0 Å². The molecule has 0 saturated heterocycles. The van der Waals surface area contributed by atoms with Crippen LogP contribution in [0.1, 0.15) is 30.6 Å². The summed E-state index contributed by atoms with van der Waals surface area (Å²) >= 11 is 0. The quantitative estimate of drug-likeness (QED) is 0.702. The van der Waals surface area contributed by atoms with E-state index in [-0.39, 0.29) is 0 Å². The van der Waals surface area contributed by atoms with E-state index in [1.807, 2.05) is 24.4 Å². The van der Waals surface area contributed by atoms with Gasteiger partial charge < -0.3 is 8.97 Å². The van der Waals surface area contributed by atoms with Gasteiger partial charge in [0, 0.05) is 31.7 Å². The van der Waals surface area contributed by atoms with Crippen molar-refractivity contribution in [1.82, 2.24) is 23.8 Å². The number of nitrogens with zero attached hydrogens (tertiary/aromatic N) is 5. The van der Waals surface area contributed by atoms with Crippen molar-refractivity contribution in [1.29, 1.82) is 0 Å². The Hall–Kier alpha value is -2.14. The zero-order chi connectivity index (χ0) is 15.5. The van der Waals surface area contributed by atoms with Crippen molar-refractivity contribution < 1.29 is 0 Å². The van der Waals surface area contributed by atoms with E-state index in [2.05, 4.69) is 57.1 Å². The fourth-order valence-corrected chi connectivity index (χ4v) is 2.84. The highest BCUT2D eigenvalue weighted by molar-refractivity contribution is 5.42. The van der Waals surface area contributed by atoms with Gasteiger partial charge in [-0.15, -0.1) is 0 Å². The molecular weight excluding hydrogens is 274 g/mol. The number of aryl methyl sites for hydroxylation is 2. The summed E-state index contributed by atoms with van der Waals surface area (Å²) in [5.41, 5.74) is 3.34. The summed E-state index contributed by atoms with van der Waals surface area (Å²) in [6.07, 6.45) is 7.15. The van der Waals surface area contributed by atoms with E-state index in [0.29, 0.717) is 0 Å². The maximum absolute atomic E-state index is 4.63. The third kappa shape index (κ3) is 2.90. The van der Waals surface area contributed by atoms with Gasteiger partial charge >= 0.3 is 0 Å². The van der Waals surface area contributed by atoms with E-state index in [1.165, 1.54) is 5.69 Å². The van der Waals surface area contributed by atoms with Crippen molar-refractivity contribution in [2.45, 2.75) is 39.9 Å². The van der Waals surface area contributed by atoms with Gasteiger partial charge in [-0.1, -0.05) is 13.0 Å². The highest BCUT2D eigenvalue weighted by Crippen LogP contribution is 2.14. The van der Waals surface area contributed by atoms with Gasteiger partial charge in [0.1, 0.15) is 11.5 Å². The number of rotatable bonds is 6. The lowest BCUT2D eigenvalue weighted by atomic mass is 10.3. The van der Waals surface area contributed by atoms with Crippen LogP contribution in [-0.4, -0.2) is 30.9 Å². The molecule has 0 atom stereocenters. The molecule has 3 aromatic rings. The van der Waals surface area contributed by atoms with Gasteiger partial charge in [0.2, 0.25) is 0 Å². The summed E-state index contributed by atoms with van der Waals surface area (Å²) < 4.78 is 4.40. The number of hydrogen-bond donors (Lipinski definition) is 0. The molecule has 0 saturated carbocycles. The predicted octanol–water partition coefficient (Wildman–Crippen LogP) is 2.88. The van der Waals surface area contributed by atoms with Crippen molar-refractivity contribution in [3.63, 3.8) is 0 Å². The zero-order valence-electron chi connectivity index (χ0n) is 13.5. The molecule has 3 heterocycles. The van der Waals surface area contributed by atoms with Crippen LogP contribution in [0.15, 0.2) is 36.8 Å². The fraction of sp³-hybridized carbons (Fsp3) is 0.412. The highest BCUT2D eigenvalue weighted by atomic mass is 15.2. The Labute approximate surface area is 131 Å². The lowest BCUT2D eigenvalue weighted by Crippen LogP contribution is -2.21. The number of aromatic nitrogens is 4. The first-order chi connectivity index (χ1) is 10.7. The van der Waals surface area contributed by atoms with Gasteiger partial charge in [-0.2, -0.15) is 0 Å². The monoisotopic (exact) mass is 297 g/mol. The molecule has 0 radical (unpaired) electrons. The molecule has 0 amide bonds. The average Bonchev–Trinajstić information content (AvgIpc) is 3.05.